The van der Waals surface area contributed by atoms with Gasteiger partial charge in [-0.25, -0.2) is 13.4 Å². The van der Waals surface area contributed by atoms with E-state index in [0.29, 0.717) is 15.7 Å². The van der Waals surface area contributed by atoms with Gasteiger partial charge in [-0.15, -0.1) is 22.7 Å². The third-order valence-electron chi connectivity index (χ3n) is 4.60. The molecular weight excluding hydrogens is 470 g/mol. The van der Waals surface area contributed by atoms with Crippen LogP contribution in [0.15, 0.2) is 33.9 Å². The fourth-order valence-electron chi connectivity index (χ4n) is 3.12. The second kappa shape index (κ2) is 8.23. The first-order valence-corrected chi connectivity index (χ1v) is 12.4. The van der Waals surface area contributed by atoms with Crippen LogP contribution in [0.1, 0.15) is 10.7 Å². The molecule has 3 aromatic rings. The van der Waals surface area contributed by atoms with Crippen molar-refractivity contribution in [3.8, 4) is 0 Å². The van der Waals surface area contributed by atoms with E-state index in [-0.39, 0.29) is 42.7 Å². The molecule has 0 radical (unpaired) electrons. The molecule has 1 aliphatic rings. The van der Waals surface area contributed by atoms with Gasteiger partial charge in [-0.05, 0) is 23.6 Å². The molecule has 158 valence electrons. The van der Waals surface area contributed by atoms with Crippen LogP contribution in [0, 0.1) is 0 Å². The molecule has 1 aliphatic heterocycles. The number of hydrogen-bond donors (Lipinski definition) is 1. The third-order valence-corrected chi connectivity index (χ3v) is 9.10. The maximum Gasteiger partial charge on any atom is 0.309 e. The van der Waals surface area contributed by atoms with Crippen molar-refractivity contribution >= 4 is 66.3 Å². The standard InChI is InChI=1S/C18H16ClN3O5S3/c19-12-2-1-11-5-18(29-14(11)6-12)30(26,27)22-4-3-21(16(23)9-22)8-15-20-13(10-28-15)7-17(24)25/h1-2,5-6,10H,3-4,7-9H2,(H,24,25). The lowest BCUT2D eigenvalue weighted by molar-refractivity contribution is -0.136. The second-order valence-electron chi connectivity index (χ2n) is 6.70. The molecule has 1 fully saturated rings. The topological polar surface area (TPSA) is 108 Å². The van der Waals surface area contributed by atoms with E-state index in [4.69, 9.17) is 16.7 Å². The lowest BCUT2D eigenvalue weighted by Crippen LogP contribution is -2.51. The Kier molecular flexibility index (Phi) is 5.82. The van der Waals surface area contributed by atoms with E-state index >= 15 is 0 Å². The number of rotatable bonds is 6. The van der Waals surface area contributed by atoms with Crippen molar-refractivity contribution in [2.45, 2.75) is 17.2 Å². The number of benzene rings is 1. The van der Waals surface area contributed by atoms with Gasteiger partial charge in [0.1, 0.15) is 9.22 Å². The zero-order valence-corrected chi connectivity index (χ0v) is 18.7. The molecule has 30 heavy (non-hydrogen) atoms. The highest BCUT2D eigenvalue weighted by Gasteiger charge is 2.34. The van der Waals surface area contributed by atoms with Crippen LogP contribution < -0.4 is 0 Å². The summed E-state index contributed by atoms with van der Waals surface area (Å²) < 4.78 is 28.2. The van der Waals surface area contributed by atoms with Crippen molar-refractivity contribution in [2.24, 2.45) is 0 Å². The molecule has 0 aliphatic carbocycles. The predicted molar refractivity (Wildman–Crippen MR) is 114 cm³/mol. The molecule has 0 bridgehead atoms. The Bertz CT molecular complexity index is 1240. The van der Waals surface area contributed by atoms with Gasteiger partial charge in [-0.2, -0.15) is 4.31 Å². The zero-order valence-electron chi connectivity index (χ0n) is 15.4. The maximum atomic E-state index is 13.0. The van der Waals surface area contributed by atoms with Gasteiger partial charge in [0, 0.05) is 28.2 Å². The lowest BCUT2D eigenvalue weighted by Gasteiger charge is -2.32. The highest BCUT2D eigenvalue weighted by molar-refractivity contribution is 7.91. The van der Waals surface area contributed by atoms with Crippen LogP contribution >= 0.6 is 34.3 Å². The highest BCUT2D eigenvalue weighted by atomic mass is 35.5. The molecule has 1 aromatic carbocycles. The van der Waals surface area contributed by atoms with Crippen LogP contribution in [-0.2, 0) is 32.6 Å². The summed E-state index contributed by atoms with van der Waals surface area (Å²) in [5.74, 6) is -1.28. The molecule has 1 saturated heterocycles. The van der Waals surface area contributed by atoms with Gasteiger partial charge in [0.15, 0.2) is 0 Å². The van der Waals surface area contributed by atoms with Crippen LogP contribution in [-0.4, -0.2) is 59.2 Å². The molecule has 0 atom stereocenters. The van der Waals surface area contributed by atoms with Crippen molar-refractivity contribution in [3.63, 3.8) is 0 Å². The number of carboxylic acids is 1. The summed E-state index contributed by atoms with van der Waals surface area (Å²) in [5, 5.41) is 12.4. The minimum Gasteiger partial charge on any atom is -0.481 e. The van der Waals surface area contributed by atoms with Crippen LogP contribution in [0.2, 0.25) is 5.02 Å². The molecule has 1 amide bonds. The number of amides is 1. The number of halogens is 1. The number of nitrogens with zero attached hydrogens (tertiary/aromatic N) is 3. The van der Waals surface area contributed by atoms with E-state index in [0.717, 1.165) is 21.4 Å². The number of sulfonamides is 1. The molecule has 0 spiro atoms. The summed E-state index contributed by atoms with van der Waals surface area (Å²) in [6, 6.07) is 6.79. The Hall–Kier alpha value is -2.05. The third kappa shape index (κ3) is 4.35. The van der Waals surface area contributed by atoms with Gasteiger partial charge in [-0.1, -0.05) is 17.7 Å². The summed E-state index contributed by atoms with van der Waals surface area (Å²) in [4.78, 5) is 29.1. The van der Waals surface area contributed by atoms with Crippen molar-refractivity contribution in [2.75, 3.05) is 19.6 Å². The maximum absolute atomic E-state index is 13.0. The number of piperazine rings is 1. The first-order valence-electron chi connectivity index (χ1n) is 8.84. The number of aromatic nitrogens is 1. The number of carbonyl (C=O) groups excluding carboxylic acids is 1. The number of thiophene rings is 1. The normalized spacial score (nSPS) is 15.8. The largest absolute Gasteiger partial charge is 0.481 e. The van der Waals surface area contributed by atoms with E-state index in [2.05, 4.69) is 4.98 Å². The molecule has 4 rings (SSSR count). The van der Waals surface area contributed by atoms with Crippen molar-refractivity contribution in [1.82, 2.24) is 14.2 Å². The van der Waals surface area contributed by atoms with Crippen molar-refractivity contribution in [3.05, 3.63) is 45.4 Å². The molecular formula is C18H16ClN3O5S3. The number of aliphatic carboxylic acids is 1. The van der Waals surface area contributed by atoms with Gasteiger partial charge >= 0.3 is 5.97 Å². The zero-order chi connectivity index (χ0) is 21.5. The minimum atomic E-state index is -3.79. The van der Waals surface area contributed by atoms with E-state index in [1.165, 1.54) is 15.6 Å². The number of hydrogen-bond acceptors (Lipinski definition) is 7. The van der Waals surface area contributed by atoms with Gasteiger partial charge in [0.05, 0.1) is 25.2 Å². The fourth-order valence-corrected chi connectivity index (χ4v) is 7.13. The average molecular weight is 486 g/mol. The lowest BCUT2D eigenvalue weighted by atomic mass is 10.3. The molecule has 1 N–H and O–H groups in total. The van der Waals surface area contributed by atoms with Gasteiger partial charge in [0.25, 0.3) is 10.0 Å². The Morgan fingerprint density at radius 2 is 2.07 bits per heavy atom. The molecule has 0 unspecified atom stereocenters. The van der Waals surface area contributed by atoms with Crippen LogP contribution in [0.25, 0.3) is 10.1 Å². The summed E-state index contributed by atoms with van der Waals surface area (Å²) in [5.41, 5.74) is 0.445. The van der Waals surface area contributed by atoms with Crippen molar-refractivity contribution < 1.29 is 23.1 Å². The number of carboxylic acid groups (broad SMARTS) is 1. The molecule has 12 heteroatoms. The highest BCUT2D eigenvalue weighted by Crippen LogP contribution is 2.33. The van der Waals surface area contributed by atoms with E-state index in [9.17, 15) is 18.0 Å². The summed E-state index contributed by atoms with van der Waals surface area (Å²) in [7, 11) is -3.79. The summed E-state index contributed by atoms with van der Waals surface area (Å²) >= 11 is 8.40. The minimum absolute atomic E-state index is 0.170. The van der Waals surface area contributed by atoms with Gasteiger partial charge in [-0.3, -0.25) is 9.59 Å². The molecule has 2 aromatic heterocycles. The predicted octanol–water partition coefficient (Wildman–Crippen LogP) is 2.67. The fraction of sp³-hybridized carbons (Fsp3) is 0.278. The molecule has 8 nitrogen and oxygen atoms in total. The summed E-state index contributed by atoms with van der Waals surface area (Å²) in [6.07, 6.45) is -0.170. The van der Waals surface area contributed by atoms with Crippen LogP contribution in [0.3, 0.4) is 0 Å². The first-order chi connectivity index (χ1) is 14.2. The number of thiazole rings is 1. The second-order valence-corrected chi connectivity index (χ2v) is 11.3. The quantitative estimate of drug-likeness (QED) is 0.575. The number of carbonyl (C=O) groups is 2. The summed E-state index contributed by atoms with van der Waals surface area (Å²) in [6.45, 7) is 0.405. The Balaban J connectivity index is 1.45. The monoisotopic (exact) mass is 485 g/mol. The smallest absolute Gasteiger partial charge is 0.309 e. The van der Waals surface area contributed by atoms with E-state index < -0.39 is 16.0 Å². The van der Waals surface area contributed by atoms with Crippen molar-refractivity contribution in [1.29, 1.82) is 0 Å². The Labute approximate surface area is 185 Å². The van der Waals surface area contributed by atoms with E-state index in [1.807, 2.05) is 0 Å². The van der Waals surface area contributed by atoms with E-state index in [1.54, 1.807) is 34.5 Å². The Morgan fingerprint density at radius 3 is 2.80 bits per heavy atom. The molecule has 0 saturated carbocycles. The first kappa shape index (κ1) is 21.2. The molecule has 3 heterocycles. The van der Waals surface area contributed by atoms with Crippen LogP contribution in [0.5, 0.6) is 0 Å². The SMILES string of the molecule is O=C(O)Cc1csc(CN2CCN(S(=O)(=O)c3cc4ccc(Cl)cc4s3)CC2=O)n1. The van der Waals surface area contributed by atoms with Gasteiger partial charge in [0.2, 0.25) is 5.91 Å². The van der Waals surface area contributed by atoms with Gasteiger partial charge < -0.3 is 10.0 Å². The average Bonchev–Trinajstić information content (AvgIpc) is 3.29. The number of fused-ring (bicyclic) bond motifs is 1. The Morgan fingerprint density at radius 1 is 1.27 bits per heavy atom. The van der Waals surface area contributed by atoms with Crippen LogP contribution in [0.4, 0.5) is 0 Å².